The predicted molar refractivity (Wildman–Crippen MR) is 67.2 cm³/mol. The van der Waals surface area contributed by atoms with Crippen LogP contribution < -0.4 is 4.74 Å². The number of hydrogen-bond acceptors (Lipinski definition) is 2. The van der Waals surface area contributed by atoms with Crippen LogP contribution in [0.4, 0.5) is 0 Å². The number of hydrogen-bond donors (Lipinski definition) is 1. The summed E-state index contributed by atoms with van der Waals surface area (Å²) in [6, 6.07) is 7.69. The molecule has 3 nitrogen and oxygen atoms in total. The van der Waals surface area contributed by atoms with Gasteiger partial charge >= 0.3 is 5.97 Å². The molecule has 3 heteroatoms. The normalized spacial score (nSPS) is 11.6. The Kier molecular flexibility index (Phi) is 4.76. The van der Waals surface area contributed by atoms with Gasteiger partial charge in [0.1, 0.15) is 12.4 Å². The Labute approximate surface area is 102 Å². The molecule has 17 heavy (non-hydrogen) atoms. The van der Waals surface area contributed by atoms with Crippen molar-refractivity contribution < 1.29 is 14.6 Å². The van der Waals surface area contributed by atoms with E-state index < -0.39 is 5.97 Å². The first-order valence-corrected chi connectivity index (χ1v) is 5.62. The van der Waals surface area contributed by atoms with E-state index in [0.717, 1.165) is 16.9 Å². The van der Waals surface area contributed by atoms with Crippen molar-refractivity contribution in [3.05, 3.63) is 41.5 Å². The van der Waals surface area contributed by atoms with Crippen molar-refractivity contribution in [2.75, 3.05) is 6.61 Å². The number of benzene rings is 1. The van der Waals surface area contributed by atoms with Crippen LogP contribution in [0.15, 0.2) is 35.9 Å². The number of rotatable bonds is 5. The van der Waals surface area contributed by atoms with Crippen LogP contribution in [-0.4, -0.2) is 17.7 Å². The smallest absolute Gasteiger partial charge is 0.328 e. The van der Waals surface area contributed by atoms with Crippen molar-refractivity contribution in [3.63, 3.8) is 0 Å². The lowest BCUT2D eigenvalue weighted by Crippen LogP contribution is -2.09. The number of ether oxygens (including phenoxy) is 1. The van der Waals surface area contributed by atoms with E-state index in [1.807, 2.05) is 45.0 Å². The van der Waals surface area contributed by atoms with Crippen LogP contribution in [-0.2, 0) is 4.79 Å². The minimum atomic E-state index is -0.929. The highest BCUT2D eigenvalue weighted by Gasteiger charge is 2.07. The molecule has 0 saturated heterocycles. The molecular formula is C14H18O3. The maximum atomic E-state index is 10.7. The van der Waals surface area contributed by atoms with Gasteiger partial charge in [0.15, 0.2) is 0 Å². The molecule has 0 fully saturated rings. The third-order valence-electron chi connectivity index (χ3n) is 2.54. The highest BCUT2D eigenvalue weighted by Crippen LogP contribution is 2.18. The summed E-state index contributed by atoms with van der Waals surface area (Å²) in [5.41, 5.74) is 1.83. The first-order valence-electron chi connectivity index (χ1n) is 5.62. The van der Waals surface area contributed by atoms with E-state index in [1.165, 1.54) is 6.08 Å². The third kappa shape index (κ3) is 4.31. The molecule has 0 aliphatic carbocycles. The molecular weight excluding hydrogens is 216 g/mol. The number of aryl methyl sites for hydroxylation is 1. The van der Waals surface area contributed by atoms with E-state index in [2.05, 4.69) is 0 Å². The lowest BCUT2D eigenvalue weighted by molar-refractivity contribution is -0.131. The van der Waals surface area contributed by atoms with E-state index >= 15 is 0 Å². The standard InChI is InChI=1S/C14H18O3/c1-10(2)12(8-14(15)16)9-17-13-7-5-4-6-11(13)3/h4-8,10H,9H2,1-3H3,(H,15,16)/b12-8-. The molecule has 0 aliphatic heterocycles. The van der Waals surface area contributed by atoms with E-state index in [4.69, 9.17) is 9.84 Å². The minimum Gasteiger partial charge on any atom is -0.489 e. The molecule has 0 aliphatic rings. The highest BCUT2D eigenvalue weighted by atomic mass is 16.5. The molecule has 1 aromatic rings. The lowest BCUT2D eigenvalue weighted by atomic mass is 10.0. The van der Waals surface area contributed by atoms with Crippen molar-refractivity contribution in [2.45, 2.75) is 20.8 Å². The molecule has 1 N–H and O–H groups in total. The fraction of sp³-hybridized carbons (Fsp3) is 0.357. The summed E-state index contributed by atoms with van der Waals surface area (Å²) in [4.78, 5) is 10.7. The Morgan fingerprint density at radius 1 is 1.41 bits per heavy atom. The Morgan fingerprint density at radius 3 is 2.59 bits per heavy atom. The maximum absolute atomic E-state index is 10.7. The summed E-state index contributed by atoms with van der Waals surface area (Å²) in [5.74, 6) is 0.0293. The predicted octanol–water partition coefficient (Wildman–Crippen LogP) is 3.04. The fourth-order valence-corrected chi connectivity index (χ4v) is 1.41. The number of para-hydroxylation sites is 1. The van der Waals surface area contributed by atoms with Gasteiger partial charge in [-0.1, -0.05) is 32.0 Å². The SMILES string of the molecule is Cc1ccccc1OC/C(=C/C(=O)O)C(C)C. The molecule has 0 atom stereocenters. The Balaban J connectivity index is 2.71. The molecule has 1 aromatic carbocycles. The van der Waals surface area contributed by atoms with Gasteiger partial charge in [0.05, 0.1) is 0 Å². The summed E-state index contributed by atoms with van der Waals surface area (Å²) in [6.45, 7) is 6.19. The molecule has 0 saturated carbocycles. The zero-order chi connectivity index (χ0) is 12.8. The maximum Gasteiger partial charge on any atom is 0.328 e. The fourth-order valence-electron chi connectivity index (χ4n) is 1.41. The quantitative estimate of drug-likeness (QED) is 0.796. The van der Waals surface area contributed by atoms with Crippen LogP contribution in [0.3, 0.4) is 0 Å². The van der Waals surface area contributed by atoms with E-state index in [-0.39, 0.29) is 5.92 Å². The second kappa shape index (κ2) is 6.09. The Bertz CT molecular complexity index is 419. The van der Waals surface area contributed by atoms with Crippen molar-refractivity contribution in [2.24, 2.45) is 5.92 Å². The van der Waals surface area contributed by atoms with Crippen molar-refractivity contribution in [1.29, 1.82) is 0 Å². The van der Waals surface area contributed by atoms with E-state index in [1.54, 1.807) is 0 Å². The Morgan fingerprint density at radius 2 is 2.06 bits per heavy atom. The topological polar surface area (TPSA) is 46.5 Å². The van der Waals surface area contributed by atoms with Gasteiger partial charge < -0.3 is 9.84 Å². The van der Waals surface area contributed by atoms with Gasteiger partial charge in [-0.15, -0.1) is 0 Å². The van der Waals surface area contributed by atoms with Crippen LogP contribution in [0.25, 0.3) is 0 Å². The number of carbonyl (C=O) groups is 1. The number of carboxylic acid groups (broad SMARTS) is 1. The van der Waals surface area contributed by atoms with Gasteiger partial charge in [-0.25, -0.2) is 4.79 Å². The summed E-state index contributed by atoms with van der Waals surface area (Å²) >= 11 is 0. The zero-order valence-corrected chi connectivity index (χ0v) is 10.4. The van der Waals surface area contributed by atoms with Gasteiger partial charge in [0, 0.05) is 6.08 Å². The first-order chi connectivity index (χ1) is 8.00. The second-order valence-electron chi connectivity index (χ2n) is 4.27. The molecule has 0 heterocycles. The van der Waals surface area contributed by atoms with Crippen molar-refractivity contribution in [3.8, 4) is 5.75 Å². The van der Waals surface area contributed by atoms with Crippen LogP contribution >= 0.6 is 0 Å². The molecule has 1 rings (SSSR count). The van der Waals surface area contributed by atoms with Crippen LogP contribution in [0, 0.1) is 12.8 Å². The molecule has 92 valence electrons. The molecule has 0 unspecified atom stereocenters. The van der Waals surface area contributed by atoms with Crippen LogP contribution in [0.5, 0.6) is 5.75 Å². The van der Waals surface area contributed by atoms with Gasteiger partial charge in [-0.2, -0.15) is 0 Å². The zero-order valence-electron chi connectivity index (χ0n) is 10.4. The van der Waals surface area contributed by atoms with E-state index in [9.17, 15) is 4.79 Å². The molecule has 0 radical (unpaired) electrons. The molecule has 0 amide bonds. The lowest BCUT2D eigenvalue weighted by Gasteiger charge is -2.13. The monoisotopic (exact) mass is 234 g/mol. The molecule has 0 spiro atoms. The van der Waals surface area contributed by atoms with Crippen LogP contribution in [0.2, 0.25) is 0 Å². The Hall–Kier alpha value is -1.77. The summed E-state index contributed by atoms with van der Waals surface area (Å²) < 4.78 is 5.63. The van der Waals surface area contributed by atoms with Gasteiger partial charge in [-0.3, -0.25) is 0 Å². The van der Waals surface area contributed by atoms with Crippen molar-refractivity contribution >= 4 is 5.97 Å². The van der Waals surface area contributed by atoms with Gasteiger partial charge in [0.2, 0.25) is 0 Å². The molecule has 0 aromatic heterocycles. The average molecular weight is 234 g/mol. The summed E-state index contributed by atoms with van der Waals surface area (Å²) in [6.07, 6.45) is 1.23. The summed E-state index contributed by atoms with van der Waals surface area (Å²) in [7, 11) is 0. The highest BCUT2D eigenvalue weighted by molar-refractivity contribution is 5.80. The average Bonchev–Trinajstić information content (AvgIpc) is 2.25. The van der Waals surface area contributed by atoms with Crippen molar-refractivity contribution in [1.82, 2.24) is 0 Å². The van der Waals surface area contributed by atoms with Gasteiger partial charge in [0.25, 0.3) is 0 Å². The largest absolute Gasteiger partial charge is 0.489 e. The van der Waals surface area contributed by atoms with Crippen LogP contribution in [0.1, 0.15) is 19.4 Å². The second-order valence-corrected chi connectivity index (χ2v) is 4.27. The van der Waals surface area contributed by atoms with E-state index in [0.29, 0.717) is 6.61 Å². The minimum absolute atomic E-state index is 0.162. The summed E-state index contributed by atoms with van der Waals surface area (Å²) in [5, 5.41) is 8.75. The third-order valence-corrected chi connectivity index (χ3v) is 2.54. The first kappa shape index (κ1) is 13.3. The molecule has 0 bridgehead atoms. The number of aliphatic carboxylic acids is 1. The number of carboxylic acids is 1. The van der Waals surface area contributed by atoms with Gasteiger partial charge in [-0.05, 0) is 30.0 Å².